The second-order valence-electron chi connectivity index (χ2n) is 6.00. The van der Waals surface area contributed by atoms with Crippen LogP contribution in [0.25, 0.3) is 0 Å². The van der Waals surface area contributed by atoms with E-state index in [1.54, 1.807) is 13.1 Å². The summed E-state index contributed by atoms with van der Waals surface area (Å²) in [6, 6.07) is 9.29. The number of aryl methyl sites for hydroxylation is 2. The third-order valence-corrected chi connectivity index (χ3v) is 5.39. The fourth-order valence-electron chi connectivity index (χ4n) is 2.24. The molecule has 1 aromatic carbocycles. The minimum atomic E-state index is -3.55. The second kappa shape index (κ2) is 6.72. The van der Waals surface area contributed by atoms with Gasteiger partial charge in [0.05, 0.1) is 17.9 Å². The number of benzene rings is 1. The fourth-order valence-corrected chi connectivity index (χ4v) is 3.36. The SMILES string of the molecule is Cc1cc(C)n(Cc2cccc(NS(=O)(=O)N(C)C(C)C)c2)n1. The van der Waals surface area contributed by atoms with E-state index in [1.807, 2.05) is 56.6 Å². The topological polar surface area (TPSA) is 67.2 Å². The molecule has 126 valence electrons. The Morgan fingerprint density at radius 1 is 1.26 bits per heavy atom. The van der Waals surface area contributed by atoms with E-state index in [-0.39, 0.29) is 6.04 Å². The van der Waals surface area contributed by atoms with Gasteiger partial charge in [0, 0.05) is 18.8 Å². The van der Waals surface area contributed by atoms with Gasteiger partial charge in [0.2, 0.25) is 0 Å². The molecule has 2 aromatic rings. The molecule has 0 amide bonds. The molecule has 0 aliphatic heterocycles. The Morgan fingerprint density at radius 3 is 2.52 bits per heavy atom. The highest BCUT2D eigenvalue weighted by Gasteiger charge is 2.20. The summed E-state index contributed by atoms with van der Waals surface area (Å²) in [5, 5.41) is 4.43. The van der Waals surface area contributed by atoms with Crippen LogP contribution in [0.3, 0.4) is 0 Å². The van der Waals surface area contributed by atoms with Gasteiger partial charge >= 0.3 is 10.2 Å². The van der Waals surface area contributed by atoms with E-state index in [1.165, 1.54) is 4.31 Å². The smallest absolute Gasteiger partial charge is 0.271 e. The lowest BCUT2D eigenvalue weighted by Crippen LogP contribution is -2.37. The molecule has 1 aromatic heterocycles. The second-order valence-corrected chi connectivity index (χ2v) is 7.73. The van der Waals surface area contributed by atoms with Crippen molar-refractivity contribution in [1.82, 2.24) is 14.1 Å². The van der Waals surface area contributed by atoms with Crippen molar-refractivity contribution in [3.05, 3.63) is 47.3 Å². The summed E-state index contributed by atoms with van der Waals surface area (Å²) in [5.41, 5.74) is 3.59. The van der Waals surface area contributed by atoms with Crippen LogP contribution in [0.5, 0.6) is 0 Å². The van der Waals surface area contributed by atoms with Crippen LogP contribution in [-0.4, -0.2) is 35.6 Å². The normalized spacial score (nSPS) is 12.1. The van der Waals surface area contributed by atoms with Crippen LogP contribution in [0.1, 0.15) is 30.8 Å². The van der Waals surface area contributed by atoms with Crippen molar-refractivity contribution in [2.75, 3.05) is 11.8 Å². The Balaban J connectivity index is 2.19. The van der Waals surface area contributed by atoms with Gasteiger partial charge in [-0.3, -0.25) is 9.40 Å². The molecule has 7 heteroatoms. The van der Waals surface area contributed by atoms with Crippen LogP contribution in [0.2, 0.25) is 0 Å². The van der Waals surface area contributed by atoms with Crippen molar-refractivity contribution >= 4 is 15.9 Å². The molecule has 2 rings (SSSR count). The fraction of sp³-hybridized carbons (Fsp3) is 0.438. The average Bonchev–Trinajstić information content (AvgIpc) is 2.75. The molecule has 0 unspecified atom stereocenters. The van der Waals surface area contributed by atoms with E-state index in [0.29, 0.717) is 12.2 Å². The highest BCUT2D eigenvalue weighted by atomic mass is 32.2. The van der Waals surface area contributed by atoms with Gasteiger partial charge in [-0.2, -0.15) is 17.8 Å². The summed E-state index contributed by atoms with van der Waals surface area (Å²) in [6.07, 6.45) is 0. The molecule has 0 radical (unpaired) electrons. The first kappa shape index (κ1) is 17.5. The van der Waals surface area contributed by atoms with E-state index >= 15 is 0 Å². The maximum absolute atomic E-state index is 12.3. The van der Waals surface area contributed by atoms with Gasteiger partial charge in [-0.25, -0.2) is 0 Å². The molecule has 6 nitrogen and oxygen atoms in total. The minimum Gasteiger partial charge on any atom is -0.271 e. The monoisotopic (exact) mass is 336 g/mol. The third kappa shape index (κ3) is 4.33. The zero-order valence-corrected chi connectivity index (χ0v) is 15.1. The Hall–Kier alpha value is -1.86. The Morgan fingerprint density at radius 2 is 1.96 bits per heavy atom. The zero-order chi connectivity index (χ0) is 17.2. The summed E-state index contributed by atoms with van der Waals surface area (Å²) in [5.74, 6) is 0. The van der Waals surface area contributed by atoms with Crippen LogP contribution >= 0.6 is 0 Å². The van der Waals surface area contributed by atoms with Crippen molar-refractivity contribution in [2.24, 2.45) is 0 Å². The molecule has 1 N–H and O–H groups in total. The number of hydrogen-bond acceptors (Lipinski definition) is 3. The van der Waals surface area contributed by atoms with Crippen LogP contribution in [-0.2, 0) is 16.8 Å². The molecule has 1 heterocycles. The van der Waals surface area contributed by atoms with Crippen LogP contribution in [0.4, 0.5) is 5.69 Å². The summed E-state index contributed by atoms with van der Waals surface area (Å²) in [4.78, 5) is 0. The molecule has 0 aliphatic rings. The standard InChI is InChI=1S/C16H24N4O2S/c1-12(2)19(5)23(21,22)18-16-8-6-7-15(10-16)11-20-14(4)9-13(3)17-20/h6-10,12,18H,11H2,1-5H3. The summed E-state index contributed by atoms with van der Waals surface area (Å²) >= 11 is 0. The first-order valence-corrected chi connectivity index (χ1v) is 8.99. The molecule has 0 aliphatic carbocycles. The van der Waals surface area contributed by atoms with Gasteiger partial charge in [0.1, 0.15) is 0 Å². The number of hydrogen-bond donors (Lipinski definition) is 1. The third-order valence-electron chi connectivity index (χ3n) is 3.72. The van der Waals surface area contributed by atoms with Crippen molar-refractivity contribution in [3.8, 4) is 0 Å². The van der Waals surface area contributed by atoms with Gasteiger partial charge in [-0.15, -0.1) is 0 Å². The molecule has 0 fully saturated rings. The number of nitrogens with zero attached hydrogens (tertiary/aromatic N) is 3. The number of nitrogens with one attached hydrogen (secondary N) is 1. The lowest BCUT2D eigenvalue weighted by Gasteiger charge is -2.21. The molecule has 0 saturated carbocycles. The van der Waals surface area contributed by atoms with Gasteiger partial charge in [0.25, 0.3) is 0 Å². The number of anilines is 1. The predicted octanol–water partition coefficient (Wildman–Crippen LogP) is 2.55. The van der Waals surface area contributed by atoms with Gasteiger partial charge < -0.3 is 0 Å². The molecule has 23 heavy (non-hydrogen) atoms. The molecular weight excluding hydrogens is 312 g/mol. The Kier molecular flexibility index (Phi) is 5.11. The number of aromatic nitrogens is 2. The molecule has 0 saturated heterocycles. The first-order valence-electron chi connectivity index (χ1n) is 7.55. The van der Waals surface area contributed by atoms with Crippen LogP contribution < -0.4 is 4.72 Å². The predicted molar refractivity (Wildman–Crippen MR) is 92.7 cm³/mol. The van der Waals surface area contributed by atoms with Crippen molar-refractivity contribution in [1.29, 1.82) is 0 Å². The van der Waals surface area contributed by atoms with E-state index in [2.05, 4.69) is 9.82 Å². The minimum absolute atomic E-state index is 0.106. The van der Waals surface area contributed by atoms with E-state index in [9.17, 15) is 8.42 Å². The average molecular weight is 336 g/mol. The molecular formula is C16H24N4O2S. The zero-order valence-electron chi connectivity index (χ0n) is 14.2. The molecule has 0 atom stereocenters. The summed E-state index contributed by atoms with van der Waals surface area (Å²) in [6.45, 7) is 8.23. The van der Waals surface area contributed by atoms with E-state index in [4.69, 9.17) is 0 Å². The Labute approximate surface area is 138 Å². The maximum Gasteiger partial charge on any atom is 0.301 e. The maximum atomic E-state index is 12.3. The Bertz CT molecular complexity index is 781. The van der Waals surface area contributed by atoms with Gasteiger partial charge in [-0.05, 0) is 51.5 Å². The lowest BCUT2D eigenvalue weighted by atomic mass is 10.2. The highest BCUT2D eigenvalue weighted by Crippen LogP contribution is 2.16. The highest BCUT2D eigenvalue weighted by molar-refractivity contribution is 7.90. The first-order chi connectivity index (χ1) is 10.7. The molecule has 0 spiro atoms. The van der Waals surface area contributed by atoms with E-state index in [0.717, 1.165) is 17.0 Å². The van der Waals surface area contributed by atoms with Crippen LogP contribution in [0, 0.1) is 13.8 Å². The largest absolute Gasteiger partial charge is 0.301 e. The van der Waals surface area contributed by atoms with Crippen molar-refractivity contribution < 1.29 is 8.42 Å². The quantitative estimate of drug-likeness (QED) is 0.881. The molecule has 0 bridgehead atoms. The van der Waals surface area contributed by atoms with Gasteiger partial charge in [-0.1, -0.05) is 12.1 Å². The van der Waals surface area contributed by atoms with Crippen LogP contribution in [0.15, 0.2) is 30.3 Å². The van der Waals surface area contributed by atoms with Crippen molar-refractivity contribution in [2.45, 2.75) is 40.3 Å². The summed E-state index contributed by atoms with van der Waals surface area (Å²) in [7, 11) is -1.98. The number of rotatable bonds is 6. The van der Waals surface area contributed by atoms with E-state index < -0.39 is 10.2 Å². The lowest BCUT2D eigenvalue weighted by molar-refractivity contribution is 0.414. The van der Waals surface area contributed by atoms with Crippen molar-refractivity contribution in [3.63, 3.8) is 0 Å². The van der Waals surface area contributed by atoms with Gasteiger partial charge in [0.15, 0.2) is 0 Å². The summed E-state index contributed by atoms with van der Waals surface area (Å²) < 4.78 is 30.4.